The van der Waals surface area contributed by atoms with Crippen molar-refractivity contribution < 1.29 is 23.9 Å². The number of nitrogens with one attached hydrogen (secondary N) is 1. The number of ether oxygens (including phenoxy) is 2. The molecule has 8 heteroatoms. The molecule has 0 aliphatic carbocycles. The Morgan fingerprint density at radius 2 is 1.80 bits per heavy atom. The second-order valence-electron chi connectivity index (χ2n) is 7.37. The van der Waals surface area contributed by atoms with Crippen LogP contribution in [0.3, 0.4) is 0 Å². The van der Waals surface area contributed by atoms with Crippen molar-refractivity contribution in [1.29, 1.82) is 0 Å². The number of benzene rings is 1. The van der Waals surface area contributed by atoms with E-state index in [0.29, 0.717) is 50.5 Å². The lowest BCUT2D eigenvalue weighted by Crippen LogP contribution is -2.51. The summed E-state index contributed by atoms with van der Waals surface area (Å²) >= 11 is 0. The molecule has 30 heavy (non-hydrogen) atoms. The van der Waals surface area contributed by atoms with E-state index in [0.717, 1.165) is 0 Å². The Hall–Kier alpha value is -2.61. The van der Waals surface area contributed by atoms with Crippen molar-refractivity contribution in [1.82, 2.24) is 9.80 Å². The molecule has 2 rings (SSSR count). The molecule has 1 aromatic carbocycles. The molecule has 0 aromatic heterocycles. The first-order chi connectivity index (χ1) is 14.4. The molecule has 1 N–H and O–H groups in total. The molecule has 0 saturated carbocycles. The van der Waals surface area contributed by atoms with Gasteiger partial charge in [-0.05, 0) is 57.5 Å². The van der Waals surface area contributed by atoms with Crippen molar-refractivity contribution in [3.05, 3.63) is 24.3 Å². The van der Waals surface area contributed by atoms with Crippen LogP contribution in [-0.2, 0) is 19.1 Å². The molecular weight excluding hydrogens is 386 g/mol. The van der Waals surface area contributed by atoms with Gasteiger partial charge in [-0.25, -0.2) is 0 Å². The van der Waals surface area contributed by atoms with Crippen LogP contribution in [0, 0.1) is 5.92 Å². The molecule has 1 saturated heterocycles. The number of methoxy groups -OCH3 is 1. The summed E-state index contributed by atoms with van der Waals surface area (Å²) in [5, 5.41) is 2.85. The van der Waals surface area contributed by atoms with Gasteiger partial charge in [0.05, 0.1) is 32.2 Å². The van der Waals surface area contributed by atoms with Crippen molar-refractivity contribution in [3.8, 4) is 5.75 Å². The van der Waals surface area contributed by atoms with Crippen LogP contribution in [0.4, 0.5) is 5.69 Å². The number of anilines is 1. The lowest BCUT2D eigenvalue weighted by molar-refractivity contribution is -0.152. The number of hydrogen-bond acceptors (Lipinski definition) is 6. The van der Waals surface area contributed by atoms with Crippen LogP contribution < -0.4 is 10.1 Å². The predicted molar refractivity (Wildman–Crippen MR) is 114 cm³/mol. The van der Waals surface area contributed by atoms with Gasteiger partial charge in [-0.3, -0.25) is 19.3 Å². The molecule has 166 valence electrons. The normalized spacial score (nSPS) is 15.6. The van der Waals surface area contributed by atoms with Crippen LogP contribution >= 0.6 is 0 Å². The molecular formula is C22H33N3O5. The summed E-state index contributed by atoms with van der Waals surface area (Å²) in [7, 11) is 1.59. The van der Waals surface area contributed by atoms with E-state index in [1.165, 1.54) is 0 Å². The van der Waals surface area contributed by atoms with Crippen molar-refractivity contribution in [2.75, 3.05) is 45.2 Å². The van der Waals surface area contributed by atoms with Gasteiger partial charge in [-0.1, -0.05) is 6.92 Å². The SMILES string of the molecule is CCOC(=O)C1CCN(C(=O)[C@@H](C)N(CC)CC(=O)Nc2ccc(OC)cc2)CC1. The Kier molecular flexibility index (Phi) is 9.11. The second-order valence-corrected chi connectivity index (χ2v) is 7.37. The molecule has 1 aliphatic rings. The first-order valence-electron chi connectivity index (χ1n) is 10.5. The van der Waals surface area contributed by atoms with Gasteiger partial charge in [0.25, 0.3) is 0 Å². The Labute approximate surface area is 178 Å². The lowest BCUT2D eigenvalue weighted by Gasteiger charge is -2.35. The standard InChI is InChI=1S/C22H33N3O5/c1-5-24(15-20(26)23-18-7-9-19(29-4)10-8-18)16(3)21(27)25-13-11-17(12-14-25)22(28)30-6-2/h7-10,16-17H,5-6,11-15H2,1-4H3,(H,23,26)/t16-/m1/s1. The highest BCUT2D eigenvalue weighted by atomic mass is 16.5. The van der Waals surface area contributed by atoms with E-state index in [4.69, 9.17) is 9.47 Å². The minimum atomic E-state index is -0.421. The molecule has 1 fully saturated rings. The van der Waals surface area contributed by atoms with Gasteiger partial charge in [-0.15, -0.1) is 0 Å². The fourth-order valence-electron chi connectivity index (χ4n) is 3.60. The number of carbonyl (C=O) groups excluding carboxylic acids is 3. The number of nitrogens with zero attached hydrogens (tertiary/aromatic N) is 2. The zero-order valence-corrected chi connectivity index (χ0v) is 18.3. The van der Waals surface area contributed by atoms with Gasteiger partial charge in [-0.2, -0.15) is 0 Å². The smallest absolute Gasteiger partial charge is 0.309 e. The van der Waals surface area contributed by atoms with Gasteiger partial charge in [0.1, 0.15) is 5.75 Å². The molecule has 0 unspecified atom stereocenters. The van der Waals surface area contributed by atoms with Crippen LogP contribution in [0.1, 0.15) is 33.6 Å². The number of piperidine rings is 1. The minimum absolute atomic E-state index is 0.0172. The van der Waals surface area contributed by atoms with Crippen LogP contribution in [0.2, 0.25) is 0 Å². The molecule has 8 nitrogen and oxygen atoms in total. The van der Waals surface area contributed by atoms with E-state index in [-0.39, 0.29) is 30.2 Å². The van der Waals surface area contributed by atoms with E-state index in [9.17, 15) is 14.4 Å². The third-order valence-electron chi connectivity index (χ3n) is 5.46. The monoisotopic (exact) mass is 419 g/mol. The maximum atomic E-state index is 12.9. The van der Waals surface area contributed by atoms with Gasteiger partial charge < -0.3 is 19.7 Å². The number of carbonyl (C=O) groups is 3. The van der Waals surface area contributed by atoms with Crippen molar-refractivity contribution in [2.24, 2.45) is 5.92 Å². The highest BCUT2D eigenvalue weighted by molar-refractivity contribution is 5.93. The second kappa shape index (κ2) is 11.5. The third-order valence-corrected chi connectivity index (χ3v) is 5.46. The summed E-state index contributed by atoms with van der Waals surface area (Å²) in [5.74, 6) is 0.207. The maximum Gasteiger partial charge on any atom is 0.309 e. The minimum Gasteiger partial charge on any atom is -0.497 e. The fourth-order valence-corrected chi connectivity index (χ4v) is 3.60. The molecule has 1 atom stereocenters. The van der Waals surface area contributed by atoms with Crippen LogP contribution in [0.15, 0.2) is 24.3 Å². The Morgan fingerprint density at radius 3 is 2.33 bits per heavy atom. The third kappa shape index (κ3) is 6.45. The highest BCUT2D eigenvalue weighted by Gasteiger charge is 2.32. The number of hydrogen-bond donors (Lipinski definition) is 1. The lowest BCUT2D eigenvalue weighted by atomic mass is 9.96. The number of likely N-dealkylation sites (tertiary alicyclic amines) is 1. The molecule has 1 aliphatic heterocycles. The van der Waals surface area contributed by atoms with E-state index in [2.05, 4.69) is 5.32 Å². The number of rotatable bonds is 9. The maximum absolute atomic E-state index is 12.9. The Bertz CT molecular complexity index is 714. The fraction of sp³-hybridized carbons (Fsp3) is 0.591. The van der Waals surface area contributed by atoms with Crippen molar-refractivity contribution in [2.45, 2.75) is 39.7 Å². The zero-order valence-electron chi connectivity index (χ0n) is 18.3. The van der Waals surface area contributed by atoms with Gasteiger partial charge in [0, 0.05) is 18.8 Å². The van der Waals surface area contributed by atoms with E-state index >= 15 is 0 Å². The van der Waals surface area contributed by atoms with Crippen molar-refractivity contribution in [3.63, 3.8) is 0 Å². The topological polar surface area (TPSA) is 88.2 Å². The van der Waals surface area contributed by atoms with Crippen LogP contribution in [0.5, 0.6) is 5.75 Å². The molecule has 2 amide bonds. The zero-order chi connectivity index (χ0) is 22.1. The summed E-state index contributed by atoms with van der Waals surface area (Å²) in [5.41, 5.74) is 0.678. The van der Waals surface area contributed by atoms with E-state index in [1.54, 1.807) is 43.2 Å². The largest absolute Gasteiger partial charge is 0.497 e. The van der Waals surface area contributed by atoms with Gasteiger partial charge in [0.2, 0.25) is 11.8 Å². The number of likely N-dealkylation sites (N-methyl/N-ethyl adjacent to an activating group) is 1. The van der Waals surface area contributed by atoms with Crippen LogP contribution in [-0.4, -0.2) is 73.5 Å². The van der Waals surface area contributed by atoms with Crippen molar-refractivity contribution >= 4 is 23.5 Å². The number of amides is 2. The first kappa shape index (κ1) is 23.7. The summed E-state index contributed by atoms with van der Waals surface area (Å²) in [6.07, 6.45) is 1.22. The molecule has 0 bridgehead atoms. The number of esters is 1. The average Bonchev–Trinajstić information content (AvgIpc) is 2.77. The summed E-state index contributed by atoms with van der Waals surface area (Å²) < 4.78 is 10.2. The van der Waals surface area contributed by atoms with E-state index < -0.39 is 6.04 Å². The first-order valence-corrected chi connectivity index (χ1v) is 10.5. The van der Waals surface area contributed by atoms with Crippen LogP contribution in [0.25, 0.3) is 0 Å². The van der Waals surface area contributed by atoms with Gasteiger partial charge >= 0.3 is 5.97 Å². The molecule has 1 heterocycles. The Morgan fingerprint density at radius 1 is 1.17 bits per heavy atom. The molecule has 1 aromatic rings. The summed E-state index contributed by atoms with van der Waals surface area (Å²) in [6, 6.07) is 6.68. The van der Waals surface area contributed by atoms with E-state index in [1.807, 2.05) is 18.7 Å². The average molecular weight is 420 g/mol. The Balaban J connectivity index is 1.87. The predicted octanol–water partition coefficient (Wildman–Crippen LogP) is 2.15. The summed E-state index contributed by atoms with van der Waals surface area (Å²) in [4.78, 5) is 40.9. The quantitative estimate of drug-likeness (QED) is 0.617. The summed E-state index contributed by atoms with van der Waals surface area (Å²) in [6.45, 7) is 7.67. The molecule has 0 spiro atoms. The highest BCUT2D eigenvalue weighted by Crippen LogP contribution is 2.20. The molecule has 0 radical (unpaired) electrons. The van der Waals surface area contributed by atoms with Gasteiger partial charge in [0.15, 0.2) is 0 Å².